The Morgan fingerprint density at radius 1 is 1.13 bits per heavy atom. The molecule has 0 aliphatic heterocycles. The SMILES string of the molecule is C/C=C\C=C/c1cc2ccc(C)cc2o1. The van der Waals surface area contributed by atoms with Crippen molar-refractivity contribution in [1.29, 1.82) is 0 Å². The van der Waals surface area contributed by atoms with Crippen LogP contribution in [0.4, 0.5) is 0 Å². The monoisotopic (exact) mass is 198 g/mol. The topological polar surface area (TPSA) is 13.1 Å². The molecule has 0 bridgehead atoms. The Kier molecular flexibility index (Phi) is 2.72. The van der Waals surface area contributed by atoms with Gasteiger partial charge >= 0.3 is 0 Å². The molecule has 0 amide bonds. The molecular formula is C14H14O. The summed E-state index contributed by atoms with van der Waals surface area (Å²) in [5.74, 6) is 0.897. The van der Waals surface area contributed by atoms with Gasteiger partial charge in [-0.1, -0.05) is 30.4 Å². The van der Waals surface area contributed by atoms with Crippen LogP contribution in [0.2, 0.25) is 0 Å². The number of hydrogen-bond acceptors (Lipinski definition) is 1. The van der Waals surface area contributed by atoms with Crippen LogP contribution in [0.5, 0.6) is 0 Å². The second-order valence-corrected chi connectivity index (χ2v) is 3.57. The van der Waals surface area contributed by atoms with Gasteiger partial charge in [-0.05, 0) is 37.6 Å². The normalized spacial score (nSPS) is 12.1. The quantitative estimate of drug-likeness (QED) is 0.654. The van der Waals surface area contributed by atoms with E-state index in [0.717, 1.165) is 16.7 Å². The third-order valence-electron chi connectivity index (χ3n) is 2.26. The van der Waals surface area contributed by atoms with Gasteiger partial charge in [-0.25, -0.2) is 0 Å². The Hall–Kier alpha value is -1.76. The third-order valence-corrected chi connectivity index (χ3v) is 2.26. The zero-order valence-corrected chi connectivity index (χ0v) is 9.03. The minimum atomic E-state index is 0.897. The molecule has 1 nitrogen and oxygen atoms in total. The fourth-order valence-electron chi connectivity index (χ4n) is 1.50. The largest absolute Gasteiger partial charge is 0.457 e. The Balaban J connectivity index is 2.38. The first kappa shape index (κ1) is 9.78. The van der Waals surface area contributed by atoms with E-state index in [1.54, 1.807) is 0 Å². The van der Waals surface area contributed by atoms with Crippen molar-refractivity contribution in [2.75, 3.05) is 0 Å². The number of benzene rings is 1. The van der Waals surface area contributed by atoms with Gasteiger partial charge in [0.15, 0.2) is 0 Å². The molecule has 0 N–H and O–H groups in total. The fraction of sp³-hybridized carbons (Fsp3) is 0.143. The second-order valence-electron chi connectivity index (χ2n) is 3.57. The van der Waals surface area contributed by atoms with Gasteiger partial charge in [0.25, 0.3) is 0 Å². The lowest BCUT2D eigenvalue weighted by molar-refractivity contribution is 0.604. The Bertz CT molecular complexity index is 515. The molecule has 1 aromatic heterocycles. The molecule has 0 aliphatic carbocycles. The molecule has 0 saturated carbocycles. The van der Waals surface area contributed by atoms with Gasteiger partial charge < -0.3 is 4.42 Å². The molecule has 0 atom stereocenters. The number of furan rings is 1. The van der Waals surface area contributed by atoms with Crippen molar-refractivity contribution in [3.63, 3.8) is 0 Å². The molecule has 2 aromatic rings. The molecule has 0 fully saturated rings. The Labute approximate surface area is 89.7 Å². The number of hydrogen-bond donors (Lipinski definition) is 0. The molecule has 0 radical (unpaired) electrons. The van der Waals surface area contributed by atoms with Gasteiger partial charge in [0.1, 0.15) is 11.3 Å². The van der Waals surface area contributed by atoms with E-state index in [9.17, 15) is 0 Å². The predicted octanol–water partition coefficient (Wildman–Crippen LogP) is 4.33. The summed E-state index contributed by atoms with van der Waals surface area (Å²) >= 11 is 0. The zero-order chi connectivity index (χ0) is 10.7. The molecule has 15 heavy (non-hydrogen) atoms. The summed E-state index contributed by atoms with van der Waals surface area (Å²) in [6.07, 6.45) is 7.92. The van der Waals surface area contributed by atoms with Crippen molar-refractivity contribution in [2.24, 2.45) is 0 Å². The van der Waals surface area contributed by atoms with Crippen molar-refractivity contribution in [2.45, 2.75) is 13.8 Å². The zero-order valence-electron chi connectivity index (χ0n) is 9.03. The van der Waals surface area contributed by atoms with E-state index >= 15 is 0 Å². The van der Waals surface area contributed by atoms with Gasteiger partial charge in [0.2, 0.25) is 0 Å². The first-order valence-corrected chi connectivity index (χ1v) is 5.09. The average Bonchev–Trinajstić information content (AvgIpc) is 2.60. The maximum Gasteiger partial charge on any atom is 0.135 e. The number of allylic oxidation sites excluding steroid dienone is 3. The van der Waals surface area contributed by atoms with Crippen molar-refractivity contribution in [1.82, 2.24) is 0 Å². The molecule has 76 valence electrons. The van der Waals surface area contributed by atoms with E-state index in [0.29, 0.717) is 0 Å². The molecule has 1 heteroatoms. The molecule has 0 saturated heterocycles. The molecular weight excluding hydrogens is 184 g/mol. The van der Waals surface area contributed by atoms with Gasteiger partial charge in [0, 0.05) is 5.39 Å². The summed E-state index contributed by atoms with van der Waals surface area (Å²) in [6.45, 7) is 4.06. The molecule has 1 aromatic carbocycles. The van der Waals surface area contributed by atoms with Crippen LogP contribution < -0.4 is 0 Å². The number of fused-ring (bicyclic) bond motifs is 1. The van der Waals surface area contributed by atoms with Crippen LogP contribution in [0.15, 0.2) is 46.9 Å². The smallest absolute Gasteiger partial charge is 0.135 e. The Morgan fingerprint density at radius 2 is 2.00 bits per heavy atom. The Morgan fingerprint density at radius 3 is 2.80 bits per heavy atom. The average molecular weight is 198 g/mol. The van der Waals surface area contributed by atoms with Crippen molar-refractivity contribution in [3.05, 3.63) is 53.8 Å². The fourth-order valence-corrected chi connectivity index (χ4v) is 1.50. The van der Waals surface area contributed by atoms with Crippen molar-refractivity contribution >= 4 is 17.0 Å². The predicted molar refractivity (Wildman–Crippen MR) is 64.8 cm³/mol. The summed E-state index contributed by atoms with van der Waals surface area (Å²) in [4.78, 5) is 0. The lowest BCUT2D eigenvalue weighted by atomic mass is 10.2. The minimum Gasteiger partial charge on any atom is -0.457 e. The molecule has 0 unspecified atom stereocenters. The van der Waals surface area contributed by atoms with Gasteiger partial charge in [-0.3, -0.25) is 0 Å². The van der Waals surface area contributed by atoms with Gasteiger partial charge in [-0.2, -0.15) is 0 Å². The lowest BCUT2D eigenvalue weighted by Crippen LogP contribution is -1.67. The van der Waals surface area contributed by atoms with Crippen LogP contribution >= 0.6 is 0 Å². The van der Waals surface area contributed by atoms with Crippen LogP contribution in [0.3, 0.4) is 0 Å². The summed E-state index contributed by atoms with van der Waals surface area (Å²) in [5, 5.41) is 1.15. The van der Waals surface area contributed by atoms with E-state index < -0.39 is 0 Å². The first-order valence-electron chi connectivity index (χ1n) is 5.09. The van der Waals surface area contributed by atoms with E-state index in [-0.39, 0.29) is 0 Å². The first-order chi connectivity index (χ1) is 7.29. The van der Waals surface area contributed by atoms with E-state index in [4.69, 9.17) is 4.42 Å². The highest BCUT2D eigenvalue weighted by atomic mass is 16.3. The summed E-state index contributed by atoms with van der Waals surface area (Å²) in [6, 6.07) is 8.29. The van der Waals surface area contributed by atoms with Gasteiger partial charge in [0.05, 0.1) is 0 Å². The van der Waals surface area contributed by atoms with E-state index in [2.05, 4.69) is 31.2 Å². The lowest BCUT2D eigenvalue weighted by Gasteiger charge is -1.89. The second kappa shape index (κ2) is 4.18. The van der Waals surface area contributed by atoms with E-state index in [1.165, 1.54) is 5.56 Å². The minimum absolute atomic E-state index is 0.897. The highest BCUT2D eigenvalue weighted by Crippen LogP contribution is 2.21. The maximum atomic E-state index is 5.67. The molecule has 0 aliphatic rings. The summed E-state index contributed by atoms with van der Waals surface area (Å²) in [7, 11) is 0. The standard InChI is InChI=1S/C14H14O/c1-3-4-5-6-13-10-12-8-7-11(2)9-14(12)15-13/h3-10H,1-2H3/b4-3-,6-5-. The van der Waals surface area contributed by atoms with Crippen LogP contribution in [0.1, 0.15) is 18.2 Å². The maximum absolute atomic E-state index is 5.67. The highest BCUT2D eigenvalue weighted by Gasteiger charge is 1.99. The highest BCUT2D eigenvalue weighted by molar-refractivity contribution is 5.80. The van der Waals surface area contributed by atoms with Crippen molar-refractivity contribution < 1.29 is 4.42 Å². The van der Waals surface area contributed by atoms with E-state index in [1.807, 2.05) is 31.2 Å². The van der Waals surface area contributed by atoms with Gasteiger partial charge in [-0.15, -0.1) is 0 Å². The molecule has 1 heterocycles. The third kappa shape index (κ3) is 2.18. The molecule has 0 spiro atoms. The number of aryl methyl sites for hydroxylation is 1. The van der Waals surface area contributed by atoms with Crippen LogP contribution in [0.25, 0.3) is 17.0 Å². The molecule has 2 rings (SSSR count). The number of rotatable bonds is 2. The summed E-state index contributed by atoms with van der Waals surface area (Å²) < 4.78 is 5.67. The van der Waals surface area contributed by atoms with Crippen LogP contribution in [0, 0.1) is 6.92 Å². The van der Waals surface area contributed by atoms with Crippen LogP contribution in [-0.4, -0.2) is 0 Å². The van der Waals surface area contributed by atoms with Crippen LogP contribution in [-0.2, 0) is 0 Å². The summed E-state index contributed by atoms with van der Waals surface area (Å²) in [5.41, 5.74) is 2.18. The van der Waals surface area contributed by atoms with Crippen molar-refractivity contribution in [3.8, 4) is 0 Å².